The molecule has 2 aromatic rings. The number of carbonyl (C=O) groups is 1. The summed E-state index contributed by atoms with van der Waals surface area (Å²) in [6, 6.07) is 20.3. The van der Waals surface area contributed by atoms with Crippen LogP contribution in [0.2, 0.25) is 0 Å². The van der Waals surface area contributed by atoms with Crippen molar-refractivity contribution in [3.05, 3.63) is 71.8 Å². The average Bonchev–Trinajstić information content (AvgIpc) is 2.53. The summed E-state index contributed by atoms with van der Waals surface area (Å²) in [7, 11) is 0. The number of nitrogens with one attached hydrogen (secondary N) is 1. The molecule has 110 valence electrons. The van der Waals surface area contributed by atoms with Crippen LogP contribution in [0, 0.1) is 0 Å². The van der Waals surface area contributed by atoms with E-state index < -0.39 is 6.04 Å². The van der Waals surface area contributed by atoms with Gasteiger partial charge in [-0.3, -0.25) is 4.79 Å². The molecule has 21 heavy (non-hydrogen) atoms. The molecular formula is C18H22N2O. The van der Waals surface area contributed by atoms with Crippen molar-refractivity contribution in [3.63, 3.8) is 0 Å². The van der Waals surface area contributed by atoms with E-state index in [0.717, 1.165) is 6.42 Å². The summed E-state index contributed by atoms with van der Waals surface area (Å²) in [6.07, 6.45) is 0.854. The molecule has 1 atom stereocenters. The van der Waals surface area contributed by atoms with Gasteiger partial charge in [0.1, 0.15) is 0 Å². The minimum atomic E-state index is -0.461. The smallest absolute Gasteiger partial charge is 0.236 e. The molecule has 0 aromatic heterocycles. The third kappa shape index (κ3) is 4.43. The fourth-order valence-electron chi connectivity index (χ4n) is 2.40. The predicted octanol–water partition coefficient (Wildman–Crippen LogP) is 2.67. The van der Waals surface area contributed by atoms with Gasteiger partial charge >= 0.3 is 0 Å². The number of rotatable bonds is 6. The van der Waals surface area contributed by atoms with Crippen molar-refractivity contribution in [2.24, 2.45) is 5.73 Å². The Labute approximate surface area is 126 Å². The Balaban J connectivity index is 2.09. The van der Waals surface area contributed by atoms with Gasteiger partial charge in [-0.05, 0) is 24.5 Å². The van der Waals surface area contributed by atoms with E-state index in [0.29, 0.717) is 6.54 Å². The largest absolute Gasteiger partial charge is 0.355 e. The summed E-state index contributed by atoms with van der Waals surface area (Å²) >= 11 is 0. The minimum Gasteiger partial charge on any atom is -0.355 e. The first kappa shape index (κ1) is 15.3. The molecule has 0 saturated carbocycles. The van der Waals surface area contributed by atoms with Gasteiger partial charge in [0.05, 0.1) is 6.04 Å². The van der Waals surface area contributed by atoms with Crippen LogP contribution < -0.4 is 11.1 Å². The topological polar surface area (TPSA) is 55.1 Å². The summed E-state index contributed by atoms with van der Waals surface area (Å²) in [5.74, 6) is 0.177. The van der Waals surface area contributed by atoms with Crippen molar-refractivity contribution in [2.75, 3.05) is 6.54 Å². The van der Waals surface area contributed by atoms with E-state index in [1.165, 1.54) is 11.1 Å². The lowest BCUT2D eigenvalue weighted by Crippen LogP contribution is -2.39. The lowest BCUT2D eigenvalue weighted by atomic mass is 9.88. The number of benzene rings is 2. The Morgan fingerprint density at radius 1 is 1.00 bits per heavy atom. The molecule has 0 aliphatic rings. The molecule has 0 radical (unpaired) electrons. The van der Waals surface area contributed by atoms with E-state index in [1.54, 1.807) is 6.92 Å². The standard InChI is InChI=1S/C18H22N2O/c1-14(19)18(21)20-13-12-17(15-8-4-2-5-9-15)16-10-6-3-7-11-16/h2-11,14,17H,12-13,19H2,1H3,(H,20,21)/t14-/m1/s1. The van der Waals surface area contributed by atoms with Gasteiger partial charge in [0.25, 0.3) is 0 Å². The van der Waals surface area contributed by atoms with Crippen molar-refractivity contribution < 1.29 is 4.79 Å². The summed E-state index contributed by atoms with van der Waals surface area (Å²) in [5.41, 5.74) is 8.09. The first-order valence-electron chi connectivity index (χ1n) is 7.31. The van der Waals surface area contributed by atoms with Gasteiger partial charge in [-0.1, -0.05) is 60.7 Å². The molecule has 0 aliphatic carbocycles. The van der Waals surface area contributed by atoms with Gasteiger partial charge in [0.2, 0.25) is 5.91 Å². The van der Waals surface area contributed by atoms with Gasteiger partial charge in [0, 0.05) is 12.5 Å². The zero-order chi connectivity index (χ0) is 15.1. The summed E-state index contributed by atoms with van der Waals surface area (Å²) in [5, 5.41) is 2.89. The van der Waals surface area contributed by atoms with Gasteiger partial charge < -0.3 is 11.1 Å². The van der Waals surface area contributed by atoms with Crippen molar-refractivity contribution >= 4 is 5.91 Å². The molecule has 0 spiro atoms. The van der Waals surface area contributed by atoms with Gasteiger partial charge in [-0.2, -0.15) is 0 Å². The first-order valence-corrected chi connectivity index (χ1v) is 7.31. The summed E-state index contributed by atoms with van der Waals surface area (Å²) in [6.45, 7) is 2.32. The van der Waals surface area contributed by atoms with E-state index in [4.69, 9.17) is 5.73 Å². The van der Waals surface area contributed by atoms with Gasteiger partial charge in [-0.25, -0.2) is 0 Å². The SMILES string of the molecule is C[C@@H](N)C(=O)NCCC(c1ccccc1)c1ccccc1. The zero-order valence-electron chi connectivity index (χ0n) is 12.3. The lowest BCUT2D eigenvalue weighted by Gasteiger charge is -2.18. The average molecular weight is 282 g/mol. The molecule has 3 heteroatoms. The molecule has 3 N–H and O–H groups in total. The van der Waals surface area contributed by atoms with Crippen LogP contribution in [0.15, 0.2) is 60.7 Å². The second kappa shape index (κ2) is 7.60. The maximum atomic E-state index is 11.6. The van der Waals surface area contributed by atoms with Gasteiger partial charge in [-0.15, -0.1) is 0 Å². The molecule has 1 amide bonds. The molecule has 3 nitrogen and oxygen atoms in total. The van der Waals surface area contributed by atoms with Crippen LogP contribution in [-0.2, 0) is 4.79 Å². The third-order valence-corrected chi connectivity index (χ3v) is 3.55. The first-order chi connectivity index (χ1) is 10.2. The Kier molecular flexibility index (Phi) is 5.52. The van der Waals surface area contributed by atoms with Crippen molar-refractivity contribution in [1.82, 2.24) is 5.32 Å². The number of hydrogen-bond acceptors (Lipinski definition) is 2. The third-order valence-electron chi connectivity index (χ3n) is 3.55. The van der Waals surface area contributed by atoms with Crippen LogP contribution in [0.5, 0.6) is 0 Å². The van der Waals surface area contributed by atoms with Crippen molar-refractivity contribution in [1.29, 1.82) is 0 Å². The Morgan fingerprint density at radius 2 is 1.48 bits per heavy atom. The Morgan fingerprint density at radius 3 is 1.90 bits per heavy atom. The monoisotopic (exact) mass is 282 g/mol. The van der Waals surface area contributed by atoms with Crippen LogP contribution in [0.4, 0.5) is 0 Å². The Hall–Kier alpha value is -2.13. The van der Waals surface area contributed by atoms with Crippen LogP contribution in [-0.4, -0.2) is 18.5 Å². The van der Waals surface area contributed by atoms with E-state index in [9.17, 15) is 4.79 Å². The molecular weight excluding hydrogens is 260 g/mol. The second-order valence-corrected chi connectivity index (χ2v) is 5.24. The fourth-order valence-corrected chi connectivity index (χ4v) is 2.40. The molecule has 0 heterocycles. The highest BCUT2D eigenvalue weighted by molar-refractivity contribution is 5.80. The molecule has 0 bridgehead atoms. The van der Waals surface area contributed by atoms with Crippen LogP contribution in [0.1, 0.15) is 30.4 Å². The quantitative estimate of drug-likeness (QED) is 0.856. The summed E-state index contributed by atoms with van der Waals surface area (Å²) < 4.78 is 0. The van der Waals surface area contributed by atoms with E-state index in [2.05, 4.69) is 29.6 Å². The summed E-state index contributed by atoms with van der Waals surface area (Å²) in [4.78, 5) is 11.6. The number of amides is 1. The lowest BCUT2D eigenvalue weighted by molar-refractivity contribution is -0.121. The maximum absolute atomic E-state index is 11.6. The predicted molar refractivity (Wildman–Crippen MR) is 86.0 cm³/mol. The maximum Gasteiger partial charge on any atom is 0.236 e. The highest BCUT2D eigenvalue weighted by Gasteiger charge is 2.14. The van der Waals surface area contributed by atoms with E-state index in [1.807, 2.05) is 36.4 Å². The molecule has 2 rings (SSSR count). The minimum absolute atomic E-state index is 0.102. The van der Waals surface area contributed by atoms with Crippen molar-refractivity contribution in [2.45, 2.75) is 25.3 Å². The van der Waals surface area contributed by atoms with Crippen LogP contribution >= 0.6 is 0 Å². The number of nitrogens with two attached hydrogens (primary N) is 1. The highest BCUT2D eigenvalue weighted by atomic mass is 16.2. The number of hydrogen-bond donors (Lipinski definition) is 2. The van der Waals surface area contributed by atoms with Crippen LogP contribution in [0.25, 0.3) is 0 Å². The second-order valence-electron chi connectivity index (χ2n) is 5.24. The van der Waals surface area contributed by atoms with E-state index in [-0.39, 0.29) is 11.8 Å². The van der Waals surface area contributed by atoms with Crippen LogP contribution in [0.3, 0.4) is 0 Å². The molecule has 2 aromatic carbocycles. The molecule has 0 saturated heterocycles. The van der Waals surface area contributed by atoms with Gasteiger partial charge in [0.15, 0.2) is 0 Å². The van der Waals surface area contributed by atoms with E-state index >= 15 is 0 Å². The zero-order valence-corrected chi connectivity index (χ0v) is 12.3. The highest BCUT2D eigenvalue weighted by Crippen LogP contribution is 2.27. The molecule has 0 unspecified atom stereocenters. The molecule has 0 aliphatic heterocycles. The normalized spacial score (nSPS) is 12.1. The number of carbonyl (C=O) groups excluding carboxylic acids is 1. The fraction of sp³-hybridized carbons (Fsp3) is 0.278. The van der Waals surface area contributed by atoms with Crippen molar-refractivity contribution in [3.8, 4) is 0 Å². The molecule has 0 fully saturated rings. The Bertz CT molecular complexity index is 512.